The monoisotopic (exact) mass is 728 g/mol. The van der Waals surface area contributed by atoms with Gasteiger partial charge in [0, 0.05) is 22.2 Å². The van der Waals surface area contributed by atoms with E-state index in [1.807, 2.05) is 45.0 Å². The van der Waals surface area contributed by atoms with Crippen molar-refractivity contribution in [2.24, 2.45) is 5.41 Å². The summed E-state index contributed by atoms with van der Waals surface area (Å²) < 4.78 is 0. The molecule has 53 heavy (non-hydrogen) atoms. The van der Waals surface area contributed by atoms with E-state index >= 15 is 0 Å². The van der Waals surface area contributed by atoms with Crippen molar-refractivity contribution in [3.05, 3.63) is 77.4 Å². The molecule has 2 unspecified atom stereocenters. The van der Waals surface area contributed by atoms with Crippen LogP contribution in [-0.2, 0) is 16.2 Å². The molecule has 0 radical (unpaired) electrons. The molecule has 7 N–H and O–H groups in total. The lowest BCUT2D eigenvalue weighted by Crippen LogP contribution is -2.49. The summed E-state index contributed by atoms with van der Waals surface area (Å²) in [4.78, 5) is 11.7. The number of hydrogen-bond donors (Lipinski definition) is 7. The number of amides is 2. The molecule has 0 aromatic heterocycles. The second-order valence-corrected chi connectivity index (χ2v) is 20.9. The fourth-order valence-electron chi connectivity index (χ4n) is 5.70. The predicted molar refractivity (Wildman–Crippen MR) is 232 cm³/mol. The summed E-state index contributed by atoms with van der Waals surface area (Å²) >= 11 is 0. The molecule has 2 amide bonds. The molecule has 0 spiro atoms. The topological polar surface area (TPSA) is 101 Å². The fraction of sp³-hybridized carbons (Fsp3) is 0.578. The van der Waals surface area contributed by atoms with Crippen molar-refractivity contribution in [1.29, 1.82) is 0 Å². The van der Waals surface area contributed by atoms with Gasteiger partial charge in [0.15, 0.2) is 6.29 Å². The largest absolute Gasteiger partial charge is 0.363 e. The van der Waals surface area contributed by atoms with Gasteiger partial charge in [0.25, 0.3) is 0 Å². The highest BCUT2D eigenvalue weighted by Crippen LogP contribution is 2.38. The van der Waals surface area contributed by atoms with Gasteiger partial charge in [-0.15, -0.1) is 0 Å². The molecule has 0 saturated heterocycles. The highest BCUT2D eigenvalue weighted by molar-refractivity contribution is 5.89. The molecule has 2 atom stereocenters. The van der Waals surface area contributed by atoms with Crippen LogP contribution in [-0.4, -0.2) is 29.6 Å². The molecule has 0 fully saturated rings. The first-order valence-corrected chi connectivity index (χ1v) is 19.2. The number of anilines is 5. The van der Waals surface area contributed by atoms with Crippen LogP contribution >= 0.6 is 0 Å². The highest BCUT2D eigenvalue weighted by Gasteiger charge is 2.31. The number of carbonyl (C=O) groups is 1. The molecule has 3 aromatic carbocycles. The third kappa shape index (κ3) is 13.8. The Labute approximate surface area is 322 Å². The molecule has 2 heterocycles. The van der Waals surface area contributed by atoms with Gasteiger partial charge >= 0.3 is 6.03 Å². The van der Waals surface area contributed by atoms with E-state index < -0.39 is 0 Å². The van der Waals surface area contributed by atoms with Gasteiger partial charge in [-0.2, -0.15) is 0 Å². The lowest BCUT2D eigenvalue weighted by molar-refractivity contribution is 0.244. The van der Waals surface area contributed by atoms with E-state index in [1.54, 1.807) is 0 Å². The van der Waals surface area contributed by atoms with Crippen molar-refractivity contribution in [1.82, 2.24) is 10.6 Å². The fourth-order valence-corrected chi connectivity index (χ4v) is 5.70. The Bertz CT molecular complexity index is 1670. The number of benzene rings is 3. The van der Waals surface area contributed by atoms with Crippen LogP contribution in [0.4, 0.5) is 33.2 Å². The van der Waals surface area contributed by atoms with Gasteiger partial charge < -0.3 is 31.9 Å². The SMILES string of the molecule is CC(C)(C)NC(=O)Nc1ccc(C(C)(C)C)cc1.CC(C)(C)NC1Nc2ccc(C(C)(C)C)cc2N1.CC(C)(C)c1ccc2c(c1)NC(C(C)(C)C)N2. The molecule has 294 valence electrons. The summed E-state index contributed by atoms with van der Waals surface area (Å²) in [5.74, 6) is 0. The summed E-state index contributed by atoms with van der Waals surface area (Å²) in [6.45, 7) is 39.1. The molecule has 5 rings (SSSR count). The third-order valence-corrected chi connectivity index (χ3v) is 8.91. The van der Waals surface area contributed by atoms with Crippen molar-refractivity contribution in [3.8, 4) is 0 Å². The van der Waals surface area contributed by atoms with Gasteiger partial charge in [-0.1, -0.05) is 107 Å². The molecule has 0 bridgehead atoms. The van der Waals surface area contributed by atoms with E-state index in [0.29, 0.717) is 6.17 Å². The summed E-state index contributed by atoms with van der Waals surface area (Å²) in [6.07, 6.45) is 0.419. The van der Waals surface area contributed by atoms with Gasteiger partial charge in [-0.3, -0.25) is 5.32 Å². The van der Waals surface area contributed by atoms with E-state index in [4.69, 9.17) is 0 Å². The number of fused-ring (bicyclic) bond motifs is 2. The Kier molecular flexibility index (Phi) is 13.0. The molecular weight excluding hydrogens is 655 g/mol. The van der Waals surface area contributed by atoms with Gasteiger partial charge in [0.2, 0.25) is 0 Å². The van der Waals surface area contributed by atoms with Crippen LogP contribution in [0, 0.1) is 5.41 Å². The normalized spacial score (nSPS) is 16.9. The van der Waals surface area contributed by atoms with Crippen molar-refractivity contribution < 1.29 is 4.79 Å². The van der Waals surface area contributed by atoms with Gasteiger partial charge in [-0.25, -0.2) is 4.79 Å². The number of nitrogens with one attached hydrogen (secondary N) is 7. The van der Waals surface area contributed by atoms with Crippen molar-refractivity contribution in [2.45, 2.75) is 164 Å². The van der Waals surface area contributed by atoms with Crippen molar-refractivity contribution in [2.75, 3.05) is 26.6 Å². The number of urea groups is 1. The molecule has 0 saturated carbocycles. The number of rotatable bonds is 2. The maximum Gasteiger partial charge on any atom is 0.319 e. The number of hydrogen-bond acceptors (Lipinski definition) is 6. The molecule has 0 aliphatic carbocycles. The van der Waals surface area contributed by atoms with Crippen LogP contribution < -0.4 is 37.2 Å². The maximum atomic E-state index is 11.7. The lowest BCUT2D eigenvalue weighted by atomic mass is 9.87. The summed E-state index contributed by atoms with van der Waals surface area (Å²) in [5, 5.41) is 23.2. The molecule has 2 aliphatic rings. The minimum absolute atomic E-state index is 0.0829. The van der Waals surface area contributed by atoms with Crippen LogP contribution in [0.15, 0.2) is 60.7 Å². The zero-order valence-corrected chi connectivity index (χ0v) is 36.3. The lowest BCUT2D eigenvalue weighted by Gasteiger charge is -2.27. The summed E-state index contributed by atoms with van der Waals surface area (Å²) in [5.41, 5.74) is 10.2. The van der Waals surface area contributed by atoms with Crippen LogP contribution in [0.2, 0.25) is 0 Å². The minimum Gasteiger partial charge on any atom is -0.363 e. The standard InChI is InChI=1S/C15H25N3.C15H24N2O.C15H24N2/c1-14(2,3)10-7-8-11-12(9-10)17-13(16-11)18-15(4,5)6;1-14(2,3)11-7-9-12(10-8-11)16-13(18)17-15(4,5)6;1-14(2,3)10-7-8-11-12(9-10)17-13(16-11)15(4,5)6/h7-9,13,16-18H,1-6H3;7-10H,1-6H3,(H2,16,17,18);7-9,13,16-17H,1-6H3. The van der Waals surface area contributed by atoms with Crippen LogP contribution in [0.3, 0.4) is 0 Å². The minimum atomic E-state index is -0.227. The van der Waals surface area contributed by atoms with Crippen LogP contribution in [0.1, 0.15) is 141 Å². The van der Waals surface area contributed by atoms with E-state index in [9.17, 15) is 4.79 Å². The average molecular weight is 728 g/mol. The smallest absolute Gasteiger partial charge is 0.319 e. The predicted octanol–water partition coefficient (Wildman–Crippen LogP) is 11.6. The van der Waals surface area contributed by atoms with Gasteiger partial charge in [0.05, 0.1) is 22.7 Å². The van der Waals surface area contributed by atoms with E-state index in [2.05, 4.69) is 177 Å². The molecule has 8 nitrogen and oxygen atoms in total. The molecule has 2 aliphatic heterocycles. The Hall–Kier alpha value is -3.91. The van der Waals surface area contributed by atoms with Gasteiger partial charge in [0.1, 0.15) is 6.17 Å². The van der Waals surface area contributed by atoms with Crippen LogP contribution in [0.5, 0.6) is 0 Å². The summed E-state index contributed by atoms with van der Waals surface area (Å²) in [6, 6.07) is 21.1. The third-order valence-electron chi connectivity index (χ3n) is 8.91. The van der Waals surface area contributed by atoms with Crippen molar-refractivity contribution >= 4 is 34.5 Å². The molecular formula is C45H73N7O. The first kappa shape index (κ1) is 43.5. The second-order valence-electron chi connectivity index (χ2n) is 20.9. The van der Waals surface area contributed by atoms with E-state index in [-0.39, 0.29) is 45.1 Å². The zero-order valence-electron chi connectivity index (χ0n) is 36.3. The quantitative estimate of drug-likeness (QED) is 0.142. The highest BCUT2D eigenvalue weighted by atomic mass is 16.2. The Balaban J connectivity index is 0.000000214. The van der Waals surface area contributed by atoms with E-state index in [1.165, 1.54) is 39.4 Å². The first-order chi connectivity index (χ1) is 23.9. The summed E-state index contributed by atoms with van der Waals surface area (Å²) in [7, 11) is 0. The average Bonchev–Trinajstić information content (AvgIpc) is 3.58. The Morgan fingerprint density at radius 1 is 0.491 bits per heavy atom. The zero-order chi connectivity index (χ0) is 40.4. The molecule has 3 aromatic rings. The van der Waals surface area contributed by atoms with E-state index in [0.717, 1.165) is 5.69 Å². The van der Waals surface area contributed by atoms with Crippen LogP contribution in [0.25, 0.3) is 0 Å². The Morgan fingerprint density at radius 3 is 1.30 bits per heavy atom. The number of carbonyl (C=O) groups excluding carboxylic acids is 1. The second kappa shape index (κ2) is 15.8. The van der Waals surface area contributed by atoms with Gasteiger partial charge in [-0.05, 0) is 111 Å². The first-order valence-electron chi connectivity index (χ1n) is 19.2. The Morgan fingerprint density at radius 2 is 0.887 bits per heavy atom. The maximum absolute atomic E-state index is 11.7. The van der Waals surface area contributed by atoms with Crippen molar-refractivity contribution in [3.63, 3.8) is 0 Å². The molecule has 8 heteroatoms.